The molecule has 0 unspecified atom stereocenters. The molecule has 4 nitrogen and oxygen atoms in total. The van der Waals surface area contributed by atoms with Gasteiger partial charge in [-0.3, -0.25) is 0 Å². The molecule has 1 aromatic rings. The van der Waals surface area contributed by atoms with Crippen LogP contribution in [-0.4, -0.2) is 35.8 Å². The van der Waals surface area contributed by atoms with Gasteiger partial charge < -0.3 is 14.4 Å². The van der Waals surface area contributed by atoms with Crippen molar-refractivity contribution in [3.63, 3.8) is 0 Å². The van der Waals surface area contributed by atoms with Crippen molar-refractivity contribution in [1.82, 2.24) is 4.90 Å². The number of hydrogen-bond donors (Lipinski definition) is 0. The highest BCUT2D eigenvalue weighted by Gasteiger charge is 2.35. The second-order valence-corrected chi connectivity index (χ2v) is 5.94. The summed E-state index contributed by atoms with van der Waals surface area (Å²) in [5, 5.41) is 0. The maximum atomic E-state index is 11.7. The highest BCUT2D eigenvalue weighted by atomic mass is 16.6. The first-order chi connectivity index (χ1) is 8.83. The van der Waals surface area contributed by atoms with E-state index in [-0.39, 0.29) is 12.2 Å². The number of likely N-dealkylation sites (tertiary alicyclic amines) is 1. The summed E-state index contributed by atoms with van der Waals surface area (Å²) in [6, 6.07) is 7.93. The van der Waals surface area contributed by atoms with E-state index in [0.29, 0.717) is 13.1 Å². The van der Waals surface area contributed by atoms with E-state index in [1.165, 1.54) is 5.56 Å². The Kier molecular flexibility index (Phi) is 3.69. The molecule has 2 rings (SSSR count). The van der Waals surface area contributed by atoms with Crippen LogP contribution in [0.1, 0.15) is 26.3 Å². The van der Waals surface area contributed by atoms with Crippen LogP contribution >= 0.6 is 0 Å². The molecule has 0 radical (unpaired) electrons. The average Bonchev–Trinajstić information content (AvgIpc) is 2.20. The summed E-state index contributed by atoms with van der Waals surface area (Å²) < 4.78 is 11.1. The fraction of sp³-hybridized carbons (Fsp3) is 0.533. The van der Waals surface area contributed by atoms with Crippen LogP contribution in [0.4, 0.5) is 4.79 Å². The summed E-state index contributed by atoms with van der Waals surface area (Å²) >= 11 is 0. The van der Waals surface area contributed by atoms with Crippen LogP contribution in [-0.2, 0) is 4.74 Å². The summed E-state index contributed by atoms with van der Waals surface area (Å²) in [6.07, 6.45) is -0.203. The lowest BCUT2D eigenvalue weighted by Gasteiger charge is -2.39. The van der Waals surface area contributed by atoms with E-state index in [1.807, 2.05) is 52.0 Å². The number of benzene rings is 1. The molecular formula is C15H21NO3. The van der Waals surface area contributed by atoms with Crippen molar-refractivity contribution in [2.75, 3.05) is 13.1 Å². The first kappa shape index (κ1) is 13.7. The summed E-state index contributed by atoms with van der Waals surface area (Å²) in [6.45, 7) is 8.80. The number of rotatable bonds is 2. The highest BCUT2D eigenvalue weighted by molar-refractivity contribution is 5.69. The van der Waals surface area contributed by atoms with Crippen LogP contribution in [0.2, 0.25) is 0 Å². The van der Waals surface area contributed by atoms with Gasteiger partial charge in [0.25, 0.3) is 0 Å². The third-order valence-electron chi connectivity index (χ3n) is 2.79. The van der Waals surface area contributed by atoms with Crippen LogP contribution in [0.15, 0.2) is 24.3 Å². The quantitative estimate of drug-likeness (QED) is 0.823. The van der Waals surface area contributed by atoms with Gasteiger partial charge in [-0.2, -0.15) is 0 Å². The molecule has 1 amide bonds. The van der Waals surface area contributed by atoms with E-state index < -0.39 is 5.60 Å². The van der Waals surface area contributed by atoms with Gasteiger partial charge >= 0.3 is 6.09 Å². The maximum absolute atomic E-state index is 11.7. The van der Waals surface area contributed by atoms with Crippen molar-refractivity contribution in [2.24, 2.45) is 0 Å². The van der Waals surface area contributed by atoms with Crippen LogP contribution in [0.5, 0.6) is 5.75 Å². The second kappa shape index (κ2) is 5.11. The molecule has 0 atom stereocenters. The lowest BCUT2D eigenvalue weighted by molar-refractivity contribution is -0.0221. The Hall–Kier alpha value is -1.71. The van der Waals surface area contributed by atoms with Crippen LogP contribution in [0, 0.1) is 6.92 Å². The third kappa shape index (κ3) is 3.88. The fourth-order valence-electron chi connectivity index (χ4n) is 1.87. The van der Waals surface area contributed by atoms with E-state index in [1.54, 1.807) is 4.90 Å². The van der Waals surface area contributed by atoms with Gasteiger partial charge in [0.1, 0.15) is 17.5 Å². The number of carbonyl (C=O) groups excluding carboxylic acids is 1. The zero-order valence-corrected chi connectivity index (χ0v) is 12.0. The van der Waals surface area contributed by atoms with E-state index in [4.69, 9.17) is 9.47 Å². The number of nitrogens with zero attached hydrogens (tertiary/aromatic N) is 1. The molecular weight excluding hydrogens is 242 g/mol. The second-order valence-electron chi connectivity index (χ2n) is 5.94. The van der Waals surface area contributed by atoms with Crippen molar-refractivity contribution in [3.8, 4) is 5.75 Å². The summed E-state index contributed by atoms with van der Waals surface area (Å²) in [4.78, 5) is 13.4. The Labute approximate surface area is 114 Å². The predicted molar refractivity (Wildman–Crippen MR) is 73.4 cm³/mol. The first-order valence-corrected chi connectivity index (χ1v) is 6.55. The van der Waals surface area contributed by atoms with Crippen molar-refractivity contribution < 1.29 is 14.3 Å². The Morgan fingerprint density at radius 2 is 2.00 bits per heavy atom. The van der Waals surface area contributed by atoms with Crippen molar-refractivity contribution in [2.45, 2.75) is 39.4 Å². The molecule has 19 heavy (non-hydrogen) atoms. The average molecular weight is 263 g/mol. The standard InChI is InChI=1S/C15H21NO3/c1-11-6-5-7-12(8-11)18-13-9-16(10-13)14(17)19-15(2,3)4/h5-8,13H,9-10H2,1-4H3. The molecule has 0 N–H and O–H groups in total. The molecule has 104 valence electrons. The SMILES string of the molecule is Cc1cccc(OC2CN(C(=O)OC(C)(C)C)C2)c1. The monoisotopic (exact) mass is 263 g/mol. The minimum Gasteiger partial charge on any atom is -0.487 e. The van der Waals surface area contributed by atoms with Gasteiger partial charge in [-0.25, -0.2) is 4.79 Å². The van der Waals surface area contributed by atoms with Crippen molar-refractivity contribution in [1.29, 1.82) is 0 Å². The lowest BCUT2D eigenvalue weighted by Crippen LogP contribution is -2.57. The molecule has 1 saturated heterocycles. The predicted octanol–water partition coefficient (Wildman–Crippen LogP) is 2.99. The Morgan fingerprint density at radius 3 is 2.58 bits per heavy atom. The minimum absolute atomic E-state index is 0.0642. The van der Waals surface area contributed by atoms with Gasteiger partial charge in [0, 0.05) is 0 Å². The van der Waals surface area contributed by atoms with Crippen molar-refractivity contribution in [3.05, 3.63) is 29.8 Å². The van der Waals surface area contributed by atoms with Gasteiger partial charge in [0.05, 0.1) is 13.1 Å². The largest absolute Gasteiger partial charge is 0.487 e. The molecule has 1 aromatic carbocycles. The first-order valence-electron chi connectivity index (χ1n) is 6.55. The van der Waals surface area contributed by atoms with Crippen molar-refractivity contribution >= 4 is 6.09 Å². The van der Waals surface area contributed by atoms with Gasteiger partial charge in [0.2, 0.25) is 0 Å². The van der Waals surface area contributed by atoms with Crippen LogP contribution in [0.3, 0.4) is 0 Å². The molecule has 1 aliphatic rings. The molecule has 0 aliphatic carbocycles. The van der Waals surface area contributed by atoms with E-state index in [0.717, 1.165) is 5.75 Å². The zero-order valence-electron chi connectivity index (χ0n) is 12.0. The summed E-state index contributed by atoms with van der Waals surface area (Å²) in [7, 11) is 0. The maximum Gasteiger partial charge on any atom is 0.410 e. The van der Waals surface area contributed by atoms with Gasteiger partial charge in [-0.1, -0.05) is 12.1 Å². The third-order valence-corrected chi connectivity index (χ3v) is 2.79. The molecule has 0 spiro atoms. The fourth-order valence-corrected chi connectivity index (χ4v) is 1.87. The summed E-state index contributed by atoms with van der Waals surface area (Å²) in [5.41, 5.74) is 0.723. The van der Waals surface area contributed by atoms with Crippen LogP contribution < -0.4 is 4.74 Å². The smallest absolute Gasteiger partial charge is 0.410 e. The number of ether oxygens (including phenoxy) is 2. The Balaban J connectivity index is 1.79. The molecule has 0 aromatic heterocycles. The van der Waals surface area contributed by atoms with Crippen LogP contribution in [0.25, 0.3) is 0 Å². The van der Waals surface area contributed by atoms with Gasteiger partial charge in [0.15, 0.2) is 0 Å². The number of hydrogen-bond acceptors (Lipinski definition) is 3. The molecule has 4 heteroatoms. The highest BCUT2D eigenvalue weighted by Crippen LogP contribution is 2.21. The lowest BCUT2D eigenvalue weighted by atomic mass is 10.1. The molecule has 1 aliphatic heterocycles. The van der Waals surface area contributed by atoms with E-state index in [2.05, 4.69) is 0 Å². The minimum atomic E-state index is -0.445. The number of amides is 1. The van der Waals surface area contributed by atoms with E-state index in [9.17, 15) is 4.79 Å². The Bertz CT molecular complexity index is 459. The van der Waals surface area contributed by atoms with Gasteiger partial charge in [-0.15, -0.1) is 0 Å². The summed E-state index contributed by atoms with van der Waals surface area (Å²) in [5.74, 6) is 0.855. The van der Waals surface area contributed by atoms with Gasteiger partial charge in [-0.05, 0) is 45.4 Å². The topological polar surface area (TPSA) is 38.8 Å². The number of carbonyl (C=O) groups is 1. The Morgan fingerprint density at radius 1 is 1.32 bits per heavy atom. The molecule has 0 bridgehead atoms. The normalized spacial score (nSPS) is 15.9. The molecule has 1 fully saturated rings. The number of aryl methyl sites for hydroxylation is 1. The molecule has 1 heterocycles. The van der Waals surface area contributed by atoms with E-state index >= 15 is 0 Å². The zero-order chi connectivity index (χ0) is 14.0. The molecule has 0 saturated carbocycles.